The van der Waals surface area contributed by atoms with Gasteiger partial charge in [0.25, 0.3) is 0 Å². The lowest BCUT2D eigenvalue weighted by Gasteiger charge is -2.32. The van der Waals surface area contributed by atoms with Crippen LogP contribution in [0, 0.1) is 5.92 Å². The molecule has 11 heavy (non-hydrogen) atoms. The van der Waals surface area contributed by atoms with Crippen molar-refractivity contribution in [3.63, 3.8) is 0 Å². The number of hydrogen-bond donors (Lipinski definition) is 0. The zero-order valence-electron chi connectivity index (χ0n) is 7.16. The van der Waals surface area contributed by atoms with Gasteiger partial charge in [0.1, 0.15) is 12.6 Å². The maximum atomic E-state index is 11.1. The summed E-state index contributed by atoms with van der Waals surface area (Å²) in [5, 5.41) is 0. The fraction of sp³-hybridized carbons (Fsp3) is 0.875. The number of rotatable bonds is 1. The van der Waals surface area contributed by atoms with E-state index in [1.165, 1.54) is 0 Å². The molecule has 0 radical (unpaired) electrons. The topological polar surface area (TPSA) is 35.5 Å². The molecule has 1 saturated heterocycles. The molecule has 1 rings (SSSR count). The highest BCUT2D eigenvalue weighted by atomic mass is 16.7. The first-order valence-electron chi connectivity index (χ1n) is 3.86. The monoisotopic (exact) mass is 158 g/mol. The number of Topliss-reactive ketones (excluding diaryl/α,β-unsaturated/α-hetero) is 1. The number of carbonyl (C=O) groups is 1. The van der Waals surface area contributed by atoms with Crippen LogP contribution >= 0.6 is 0 Å². The summed E-state index contributed by atoms with van der Waals surface area (Å²) >= 11 is 0. The Kier molecular flexibility index (Phi) is 2.62. The number of carbonyl (C=O) groups excluding carboxylic acids is 1. The Labute approximate surface area is 66.7 Å². The van der Waals surface area contributed by atoms with E-state index >= 15 is 0 Å². The Morgan fingerprint density at radius 3 is 2.00 bits per heavy atom. The minimum absolute atomic E-state index is 0.00347. The first-order valence-corrected chi connectivity index (χ1v) is 3.86. The van der Waals surface area contributed by atoms with Crippen molar-refractivity contribution in [1.82, 2.24) is 0 Å². The van der Waals surface area contributed by atoms with Gasteiger partial charge in [0, 0.05) is 0 Å². The SMILES string of the molecule is CC(=O)C1C(C)OCOC1C. The van der Waals surface area contributed by atoms with Gasteiger partial charge in [0.2, 0.25) is 0 Å². The minimum atomic E-state index is -0.0938. The summed E-state index contributed by atoms with van der Waals surface area (Å²) in [5.74, 6) is 0.0495. The molecule has 0 aliphatic carbocycles. The van der Waals surface area contributed by atoms with Gasteiger partial charge < -0.3 is 9.47 Å². The lowest BCUT2D eigenvalue weighted by atomic mass is 9.93. The number of hydrogen-bond acceptors (Lipinski definition) is 3. The molecule has 0 saturated carbocycles. The van der Waals surface area contributed by atoms with Crippen molar-refractivity contribution in [3.8, 4) is 0 Å². The highest BCUT2D eigenvalue weighted by molar-refractivity contribution is 5.79. The average Bonchev–Trinajstić information content (AvgIpc) is 1.85. The second-order valence-electron chi connectivity index (χ2n) is 3.00. The average molecular weight is 158 g/mol. The summed E-state index contributed by atoms with van der Waals surface area (Å²) in [4.78, 5) is 11.1. The summed E-state index contributed by atoms with van der Waals surface area (Å²) in [6, 6.07) is 0. The van der Waals surface area contributed by atoms with Crippen molar-refractivity contribution in [2.75, 3.05) is 6.79 Å². The quantitative estimate of drug-likeness (QED) is 0.570. The van der Waals surface area contributed by atoms with Crippen LogP contribution < -0.4 is 0 Å². The molecule has 3 heteroatoms. The van der Waals surface area contributed by atoms with Gasteiger partial charge in [0.05, 0.1) is 18.1 Å². The van der Waals surface area contributed by atoms with Gasteiger partial charge in [0.15, 0.2) is 0 Å². The van der Waals surface area contributed by atoms with Gasteiger partial charge in [-0.25, -0.2) is 0 Å². The Morgan fingerprint density at radius 2 is 1.73 bits per heavy atom. The molecule has 0 spiro atoms. The van der Waals surface area contributed by atoms with Crippen LogP contribution in [0.1, 0.15) is 20.8 Å². The summed E-state index contributed by atoms with van der Waals surface area (Å²) < 4.78 is 10.4. The lowest BCUT2D eigenvalue weighted by molar-refractivity contribution is -0.197. The van der Waals surface area contributed by atoms with E-state index in [9.17, 15) is 4.79 Å². The van der Waals surface area contributed by atoms with E-state index in [4.69, 9.17) is 9.47 Å². The van der Waals surface area contributed by atoms with E-state index in [2.05, 4.69) is 0 Å². The lowest BCUT2D eigenvalue weighted by Crippen LogP contribution is -2.42. The fourth-order valence-electron chi connectivity index (χ4n) is 1.50. The molecular formula is C8H14O3. The van der Waals surface area contributed by atoms with E-state index in [1.54, 1.807) is 6.92 Å². The third-order valence-corrected chi connectivity index (χ3v) is 2.14. The molecule has 0 aromatic rings. The van der Waals surface area contributed by atoms with Gasteiger partial charge in [-0.1, -0.05) is 0 Å². The second kappa shape index (κ2) is 3.32. The van der Waals surface area contributed by atoms with Crippen molar-refractivity contribution in [2.45, 2.75) is 33.0 Å². The van der Waals surface area contributed by atoms with Crippen LogP contribution in [0.2, 0.25) is 0 Å². The maximum Gasteiger partial charge on any atom is 0.147 e. The molecule has 0 N–H and O–H groups in total. The van der Waals surface area contributed by atoms with Crippen molar-refractivity contribution in [3.05, 3.63) is 0 Å². The molecule has 1 fully saturated rings. The Morgan fingerprint density at radius 1 is 1.27 bits per heavy atom. The van der Waals surface area contributed by atoms with E-state index in [0.717, 1.165) is 0 Å². The van der Waals surface area contributed by atoms with Crippen LogP contribution in [0.25, 0.3) is 0 Å². The van der Waals surface area contributed by atoms with Crippen molar-refractivity contribution < 1.29 is 14.3 Å². The van der Waals surface area contributed by atoms with Crippen LogP contribution in [0.3, 0.4) is 0 Å². The second-order valence-corrected chi connectivity index (χ2v) is 3.00. The van der Waals surface area contributed by atoms with E-state index in [-0.39, 0.29) is 23.9 Å². The van der Waals surface area contributed by atoms with Gasteiger partial charge >= 0.3 is 0 Å². The maximum absolute atomic E-state index is 11.1. The first-order chi connectivity index (χ1) is 5.13. The van der Waals surface area contributed by atoms with Crippen molar-refractivity contribution in [1.29, 1.82) is 0 Å². The molecule has 0 aromatic heterocycles. The Balaban J connectivity index is 2.62. The van der Waals surface area contributed by atoms with Crippen molar-refractivity contribution >= 4 is 5.78 Å². The largest absolute Gasteiger partial charge is 0.352 e. The van der Waals surface area contributed by atoms with Gasteiger partial charge in [-0.05, 0) is 20.8 Å². The van der Waals surface area contributed by atoms with E-state index < -0.39 is 0 Å². The Bertz CT molecular complexity index is 145. The predicted octanol–water partition coefficient (Wildman–Crippen LogP) is 0.973. The first kappa shape index (κ1) is 8.68. The number of ketones is 1. The van der Waals surface area contributed by atoms with Crippen LogP contribution in [-0.2, 0) is 14.3 Å². The molecule has 0 bridgehead atoms. The molecule has 64 valence electrons. The summed E-state index contributed by atoms with van der Waals surface area (Å²) in [6.45, 7) is 5.71. The summed E-state index contributed by atoms with van der Waals surface area (Å²) in [7, 11) is 0. The summed E-state index contributed by atoms with van der Waals surface area (Å²) in [6.07, 6.45) is -0.00694. The van der Waals surface area contributed by atoms with Crippen LogP contribution in [0.15, 0.2) is 0 Å². The van der Waals surface area contributed by atoms with Gasteiger partial charge in [-0.2, -0.15) is 0 Å². The van der Waals surface area contributed by atoms with Gasteiger partial charge in [-0.15, -0.1) is 0 Å². The van der Waals surface area contributed by atoms with Gasteiger partial charge in [-0.3, -0.25) is 4.79 Å². The molecule has 3 nitrogen and oxygen atoms in total. The molecular weight excluding hydrogens is 144 g/mol. The summed E-state index contributed by atoms with van der Waals surface area (Å²) in [5.41, 5.74) is 0. The van der Waals surface area contributed by atoms with E-state index in [0.29, 0.717) is 6.79 Å². The molecule has 2 unspecified atom stereocenters. The van der Waals surface area contributed by atoms with Crippen LogP contribution in [0.5, 0.6) is 0 Å². The van der Waals surface area contributed by atoms with Crippen LogP contribution in [0.4, 0.5) is 0 Å². The zero-order chi connectivity index (χ0) is 8.43. The highest BCUT2D eigenvalue weighted by Gasteiger charge is 2.32. The standard InChI is InChI=1S/C8H14O3/c1-5(9)8-6(2)10-4-11-7(8)3/h6-8H,4H2,1-3H3. The fourth-order valence-corrected chi connectivity index (χ4v) is 1.50. The van der Waals surface area contributed by atoms with E-state index in [1.807, 2.05) is 13.8 Å². The number of ether oxygens (including phenoxy) is 2. The normalized spacial score (nSPS) is 38.6. The third-order valence-electron chi connectivity index (χ3n) is 2.14. The predicted molar refractivity (Wildman–Crippen MR) is 40.1 cm³/mol. The molecule has 1 aliphatic heterocycles. The molecule has 1 heterocycles. The molecule has 2 atom stereocenters. The zero-order valence-corrected chi connectivity index (χ0v) is 7.16. The molecule has 1 aliphatic rings. The van der Waals surface area contributed by atoms with Crippen molar-refractivity contribution in [2.24, 2.45) is 5.92 Å². The third kappa shape index (κ3) is 1.79. The minimum Gasteiger partial charge on any atom is -0.352 e. The molecule has 0 amide bonds. The van der Waals surface area contributed by atoms with Crippen LogP contribution in [-0.4, -0.2) is 24.8 Å². The smallest absolute Gasteiger partial charge is 0.147 e. The molecule has 0 aromatic carbocycles. The Hall–Kier alpha value is -0.410. The highest BCUT2D eigenvalue weighted by Crippen LogP contribution is 2.21.